The Morgan fingerprint density at radius 3 is 2.62 bits per heavy atom. The number of ether oxygens (including phenoxy) is 1. The molecule has 0 heterocycles. The van der Waals surface area contributed by atoms with Gasteiger partial charge in [-0.25, -0.2) is 8.42 Å². The second-order valence-corrected chi connectivity index (χ2v) is 5.63. The first-order valence-electron chi connectivity index (χ1n) is 3.72. The molecule has 0 saturated carbocycles. The summed E-state index contributed by atoms with van der Waals surface area (Å²) in [7, 11) is -1.66. The third kappa shape index (κ3) is 4.75. The van der Waals surface area contributed by atoms with Gasteiger partial charge < -0.3 is 4.74 Å². The lowest BCUT2D eigenvalue weighted by atomic mass is 10.6. The molecule has 0 unspecified atom stereocenters. The van der Waals surface area contributed by atoms with Crippen LogP contribution in [0.2, 0.25) is 0 Å². The number of hydrogen-bond donors (Lipinski definition) is 0. The minimum Gasteiger partial charge on any atom is -0.383 e. The Labute approximate surface area is 87.7 Å². The van der Waals surface area contributed by atoms with Crippen LogP contribution in [0.5, 0.6) is 0 Å². The van der Waals surface area contributed by atoms with Crippen molar-refractivity contribution in [3.63, 3.8) is 0 Å². The predicted octanol–water partition coefficient (Wildman–Crippen LogP) is 0.803. The normalized spacial score (nSPS) is 11.9. The van der Waals surface area contributed by atoms with E-state index in [2.05, 4.69) is 22.5 Å². The first kappa shape index (κ1) is 13.1. The van der Waals surface area contributed by atoms with Crippen molar-refractivity contribution in [1.29, 1.82) is 0 Å². The van der Waals surface area contributed by atoms with E-state index in [-0.39, 0.29) is 4.66 Å². The van der Waals surface area contributed by atoms with Gasteiger partial charge in [0.25, 0.3) is 0 Å². The molecule has 0 bridgehead atoms. The first-order valence-corrected chi connectivity index (χ1v) is 6.45. The summed E-state index contributed by atoms with van der Waals surface area (Å²) in [6.07, 6.45) is 1.55. The summed E-state index contributed by atoms with van der Waals surface area (Å²) in [6.45, 7) is 4.56. The third-order valence-electron chi connectivity index (χ3n) is 1.41. The molecule has 78 valence electrons. The van der Waals surface area contributed by atoms with E-state index >= 15 is 0 Å². The molecule has 0 saturated heterocycles. The Morgan fingerprint density at radius 2 is 2.23 bits per heavy atom. The van der Waals surface area contributed by atoms with Gasteiger partial charge in [-0.3, -0.25) is 0 Å². The molecule has 4 nitrogen and oxygen atoms in total. The van der Waals surface area contributed by atoms with E-state index in [0.29, 0.717) is 19.7 Å². The average Bonchev–Trinajstić information content (AvgIpc) is 2.12. The molecule has 0 aromatic heterocycles. The highest BCUT2D eigenvalue weighted by Gasteiger charge is 2.18. The van der Waals surface area contributed by atoms with Crippen LogP contribution in [-0.4, -0.2) is 44.2 Å². The minimum absolute atomic E-state index is 0.0719. The maximum absolute atomic E-state index is 11.4. The topological polar surface area (TPSA) is 46.6 Å². The van der Waals surface area contributed by atoms with Crippen molar-refractivity contribution in [2.45, 2.75) is 0 Å². The van der Waals surface area contributed by atoms with E-state index < -0.39 is 10.0 Å². The maximum atomic E-state index is 11.4. The number of halogens is 1. The van der Waals surface area contributed by atoms with Crippen molar-refractivity contribution in [2.24, 2.45) is 0 Å². The summed E-state index contributed by atoms with van der Waals surface area (Å²) in [5, 5.41) is 0. The number of rotatable bonds is 7. The minimum atomic E-state index is -3.20. The Kier molecular flexibility index (Phi) is 6.58. The van der Waals surface area contributed by atoms with E-state index in [1.54, 1.807) is 6.08 Å². The van der Waals surface area contributed by atoms with Gasteiger partial charge in [-0.2, -0.15) is 4.31 Å². The van der Waals surface area contributed by atoms with E-state index in [4.69, 9.17) is 4.74 Å². The zero-order valence-corrected chi connectivity index (χ0v) is 9.97. The molecule has 0 aromatic carbocycles. The predicted molar refractivity (Wildman–Crippen MR) is 56.4 cm³/mol. The van der Waals surface area contributed by atoms with Crippen LogP contribution in [0.4, 0.5) is 0 Å². The number of sulfonamides is 1. The standard InChI is InChI=1S/C7H14BrNO3S/c1-3-4-9(5-6-12-2)13(10,11)7-8/h3H,1,4-7H2,2H3. The van der Waals surface area contributed by atoms with Crippen molar-refractivity contribution in [1.82, 2.24) is 4.31 Å². The second kappa shape index (κ2) is 6.53. The van der Waals surface area contributed by atoms with Gasteiger partial charge in [0.15, 0.2) is 0 Å². The fourth-order valence-corrected chi connectivity index (χ4v) is 2.44. The monoisotopic (exact) mass is 271 g/mol. The van der Waals surface area contributed by atoms with Gasteiger partial charge in [0, 0.05) is 20.2 Å². The molecule has 6 heteroatoms. The molecule has 0 fully saturated rings. The summed E-state index contributed by atoms with van der Waals surface area (Å²) in [5.74, 6) is 0. The van der Waals surface area contributed by atoms with E-state index in [1.165, 1.54) is 11.4 Å². The summed E-state index contributed by atoms with van der Waals surface area (Å²) < 4.78 is 28.8. The summed E-state index contributed by atoms with van der Waals surface area (Å²) in [5.41, 5.74) is 0. The van der Waals surface area contributed by atoms with Crippen LogP contribution in [0.1, 0.15) is 0 Å². The van der Waals surface area contributed by atoms with Gasteiger partial charge in [-0.05, 0) is 0 Å². The molecule has 0 atom stereocenters. The van der Waals surface area contributed by atoms with Crippen molar-refractivity contribution in [2.75, 3.05) is 31.5 Å². The van der Waals surface area contributed by atoms with Gasteiger partial charge in [0.2, 0.25) is 10.0 Å². The lowest BCUT2D eigenvalue weighted by Crippen LogP contribution is -2.34. The second-order valence-electron chi connectivity index (χ2n) is 2.36. The van der Waals surface area contributed by atoms with Gasteiger partial charge in [0.1, 0.15) is 4.66 Å². The zero-order chi connectivity index (χ0) is 10.3. The van der Waals surface area contributed by atoms with Gasteiger partial charge >= 0.3 is 0 Å². The maximum Gasteiger partial charge on any atom is 0.224 e. The quantitative estimate of drug-likeness (QED) is 0.509. The number of hydrogen-bond acceptors (Lipinski definition) is 3. The van der Waals surface area contributed by atoms with Crippen LogP contribution < -0.4 is 0 Å². The van der Waals surface area contributed by atoms with Crippen LogP contribution in [0, 0.1) is 0 Å². The summed E-state index contributed by atoms with van der Waals surface area (Å²) in [6, 6.07) is 0. The zero-order valence-electron chi connectivity index (χ0n) is 7.57. The smallest absolute Gasteiger partial charge is 0.224 e. The Balaban J connectivity index is 4.32. The summed E-state index contributed by atoms with van der Waals surface area (Å²) in [4.78, 5) is 0. The molecular formula is C7H14BrNO3S. The van der Waals surface area contributed by atoms with Crippen molar-refractivity contribution in [3.05, 3.63) is 12.7 Å². The molecule has 0 radical (unpaired) electrons. The van der Waals surface area contributed by atoms with Crippen molar-refractivity contribution >= 4 is 26.0 Å². The van der Waals surface area contributed by atoms with Crippen LogP contribution in [0.15, 0.2) is 12.7 Å². The molecule has 13 heavy (non-hydrogen) atoms. The summed E-state index contributed by atoms with van der Waals surface area (Å²) >= 11 is 2.93. The molecule has 0 aromatic rings. The lowest BCUT2D eigenvalue weighted by Gasteiger charge is -2.18. The number of methoxy groups -OCH3 is 1. The Bertz CT molecular complexity index is 240. The van der Waals surface area contributed by atoms with E-state index in [0.717, 1.165) is 0 Å². The number of alkyl halides is 1. The van der Waals surface area contributed by atoms with Crippen molar-refractivity contribution in [3.8, 4) is 0 Å². The molecule has 0 aliphatic heterocycles. The van der Waals surface area contributed by atoms with Crippen LogP contribution in [0.3, 0.4) is 0 Å². The molecule has 0 aliphatic carbocycles. The SMILES string of the molecule is C=CCN(CCOC)S(=O)(=O)CBr. The largest absolute Gasteiger partial charge is 0.383 e. The van der Waals surface area contributed by atoms with Crippen LogP contribution in [0.25, 0.3) is 0 Å². The molecular weight excluding hydrogens is 258 g/mol. The molecule has 0 aliphatic rings. The van der Waals surface area contributed by atoms with E-state index in [9.17, 15) is 8.42 Å². The van der Waals surface area contributed by atoms with E-state index in [1.807, 2.05) is 0 Å². The Morgan fingerprint density at radius 1 is 1.62 bits per heavy atom. The molecule has 0 amide bonds. The van der Waals surface area contributed by atoms with Gasteiger partial charge in [0.05, 0.1) is 6.61 Å². The highest BCUT2D eigenvalue weighted by atomic mass is 79.9. The highest BCUT2D eigenvalue weighted by molar-refractivity contribution is 9.10. The highest BCUT2D eigenvalue weighted by Crippen LogP contribution is 2.04. The average molecular weight is 272 g/mol. The van der Waals surface area contributed by atoms with Gasteiger partial charge in [-0.1, -0.05) is 22.0 Å². The third-order valence-corrected chi connectivity index (χ3v) is 4.54. The van der Waals surface area contributed by atoms with Crippen LogP contribution in [-0.2, 0) is 14.8 Å². The molecule has 0 spiro atoms. The fraction of sp³-hybridized carbons (Fsp3) is 0.714. The molecule has 0 N–H and O–H groups in total. The Hall–Kier alpha value is 0.0900. The molecule has 0 rings (SSSR count). The van der Waals surface area contributed by atoms with Crippen LogP contribution >= 0.6 is 15.9 Å². The van der Waals surface area contributed by atoms with Gasteiger partial charge in [-0.15, -0.1) is 6.58 Å². The first-order chi connectivity index (χ1) is 6.08. The lowest BCUT2D eigenvalue weighted by molar-refractivity contribution is 0.182. The van der Waals surface area contributed by atoms with Crippen molar-refractivity contribution < 1.29 is 13.2 Å². The number of nitrogens with zero attached hydrogens (tertiary/aromatic N) is 1. The fourth-order valence-electron chi connectivity index (χ4n) is 0.750.